The van der Waals surface area contributed by atoms with Gasteiger partial charge < -0.3 is 24.8 Å². The molecule has 1 aliphatic carbocycles. The number of rotatable bonds is 1. The standard InChI is InChI=1S/C9H13Si.C5H5.2ClH.Zr/c1-10(7-4-8-10)9-5-2-3-6-9;1-2-4-5-3-1;;;/h2-3,5-6H,4,7-8H2,1H3;1-3H,4H2;2*1H;/q2*-1;;;+4/p-2. The number of hydrogen-bond acceptors (Lipinski definition) is 0. The van der Waals surface area contributed by atoms with Gasteiger partial charge >= 0.3 is 26.2 Å². The topological polar surface area (TPSA) is 0 Å². The van der Waals surface area contributed by atoms with E-state index >= 15 is 0 Å². The predicted molar refractivity (Wildman–Crippen MR) is 69.1 cm³/mol. The van der Waals surface area contributed by atoms with E-state index in [1.165, 1.54) is 18.5 Å². The van der Waals surface area contributed by atoms with Crippen molar-refractivity contribution in [2.45, 2.75) is 31.5 Å². The Bertz CT molecular complexity index is 344. The average molecular weight is 377 g/mol. The summed E-state index contributed by atoms with van der Waals surface area (Å²) in [6.07, 6.45) is 11.5. The van der Waals surface area contributed by atoms with Crippen molar-refractivity contribution < 1.29 is 51.0 Å². The van der Waals surface area contributed by atoms with Crippen LogP contribution < -0.4 is 30.0 Å². The molecular weight excluding hydrogens is 358 g/mol. The molecule has 0 aromatic heterocycles. The van der Waals surface area contributed by atoms with E-state index in [2.05, 4.69) is 43.0 Å². The molecule has 0 nitrogen and oxygen atoms in total. The fraction of sp³-hybridized carbons (Fsp3) is 0.357. The quantitative estimate of drug-likeness (QED) is 0.373. The molecule has 1 saturated heterocycles. The van der Waals surface area contributed by atoms with Crippen LogP contribution in [0.15, 0.2) is 42.5 Å². The van der Waals surface area contributed by atoms with Crippen LogP contribution in [0.4, 0.5) is 0 Å². The van der Waals surface area contributed by atoms with Gasteiger partial charge in [0.25, 0.3) is 0 Å². The van der Waals surface area contributed by atoms with Crippen molar-refractivity contribution in [1.29, 1.82) is 0 Å². The third kappa shape index (κ3) is 5.65. The summed E-state index contributed by atoms with van der Waals surface area (Å²) in [5.74, 6) is 0. The van der Waals surface area contributed by atoms with Gasteiger partial charge in [-0.1, -0.05) is 25.1 Å². The molecule has 1 aromatic rings. The first-order valence-electron chi connectivity index (χ1n) is 5.75. The Kier molecular flexibility index (Phi) is 11.9. The number of halogens is 2. The largest absolute Gasteiger partial charge is 4.00 e. The Labute approximate surface area is 143 Å². The molecule has 0 amide bonds. The van der Waals surface area contributed by atoms with Crippen molar-refractivity contribution in [3.8, 4) is 0 Å². The maximum absolute atomic E-state index is 2.99. The van der Waals surface area contributed by atoms with Crippen molar-refractivity contribution in [3.63, 3.8) is 0 Å². The summed E-state index contributed by atoms with van der Waals surface area (Å²) in [6.45, 7) is 2.51. The summed E-state index contributed by atoms with van der Waals surface area (Å²) >= 11 is 0. The van der Waals surface area contributed by atoms with E-state index in [1.54, 1.807) is 5.19 Å². The Balaban J connectivity index is 0. The first-order valence-corrected chi connectivity index (χ1v) is 8.67. The van der Waals surface area contributed by atoms with Crippen LogP contribution in [-0.2, 0) is 26.2 Å². The SMILES string of the molecule is C[Si]1([c-]2cccc2)CCC1.[C-]1=CC=CC1.[Cl-].[Cl-].[Zr+4]. The predicted octanol–water partition coefficient (Wildman–Crippen LogP) is -2.59. The molecule has 1 aromatic carbocycles. The zero-order chi connectivity index (χ0) is 10.6. The minimum absolute atomic E-state index is 0. The van der Waals surface area contributed by atoms with Gasteiger partial charge in [0, 0.05) is 8.07 Å². The smallest absolute Gasteiger partial charge is 1.00 e. The Morgan fingerprint density at radius 3 is 2.00 bits per heavy atom. The monoisotopic (exact) mass is 374 g/mol. The molecule has 96 valence electrons. The molecule has 0 bridgehead atoms. The summed E-state index contributed by atoms with van der Waals surface area (Å²) in [5, 5.41) is 1.68. The van der Waals surface area contributed by atoms with Crippen LogP contribution in [-0.4, -0.2) is 8.07 Å². The summed E-state index contributed by atoms with van der Waals surface area (Å²) < 4.78 is 0. The summed E-state index contributed by atoms with van der Waals surface area (Å²) in [6, 6.07) is 12.0. The van der Waals surface area contributed by atoms with E-state index in [1.807, 2.05) is 12.2 Å². The van der Waals surface area contributed by atoms with Gasteiger partial charge in [-0.2, -0.15) is 23.4 Å². The molecule has 0 spiro atoms. The third-order valence-corrected chi connectivity index (χ3v) is 8.04. The fourth-order valence-corrected chi connectivity index (χ4v) is 5.10. The summed E-state index contributed by atoms with van der Waals surface area (Å²) in [7, 11) is -0.821. The first kappa shape index (κ1) is 20.8. The molecule has 4 heteroatoms. The van der Waals surface area contributed by atoms with Crippen molar-refractivity contribution >= 4 is 13.3 Å². The zero-order valence-electron chi connectivity index (χ0n) is 10.6. The molecule has 0 atom stereocenters. The molecule has 0 unspecified atom stereocenters. The maximum atomic E-state index is 2.99. The van der Waals surface area contributed by atoms with Gasteiger partial charge in [0.2, 0.25) is 0 Å². The molecule has 1 heterocycles. The van der Waals surface area contributed by atoms with Crippen LogP contribution in [0.3, 0.4) is 0 Å². The van der Waals surface area contributed by atoms with Crippen LogP contribution >= 0.6 is 0 Å². The minimum atomic E-state index is -0.821. The van der Waals surface area contributed by atoms with Crippen LogP contribution in [0.5, 0.6) is 0 Å². The van der Waals surface area contributed by atoms with Gasteiger partial charge in [0.15, 0.2) is 0 Å². The maximum Gasteiger partial charge on any atom is 4.00 e. The average Bonchev–Trinajstić information content (AvgIpc) is 2.89. The summed E-state index contributed by atoms with van der Waals surface area (Å²) in [5.41, 5.74) is 0. The van der Waals surface area contributed by atoms with Gasteiger partial charge in [0.1, 0.15) is 0 Å². The summed E-state index contributed by atoms with van der Waals surface area (Å²) in [4.78, 5) is 0. The fourth-order valence-electron chi connectivity index (χ4n) is 2.11. The van der Waals surface area contributed by atoms with E-state index in [-0.39, 0.29) is 51.0 Å². The Morgan fingerprint density at radius 1 is 1.11 bits per heavy atom. The normalized spacial score (nSPS) is 17.2. The second kappa shape index (κ2) is 10.3. The molecular formula is C14H18Cl2SiZr. The van der Waals surface area contributed by atoms with Crippen molar-refractivity contribution in [2.75, 3.05) is 0 Å². The van der Waals surface area contributed by atoms with E-state index in [0.717, 1.165) is 6.42 Å². The van der Waals surface area contributed by atoms with Gasteiger partial charge in [-0.05, 0) is 0 Å². The number of hydrogen-bond donors (Lipinski definition) is 0. The molecule has 0 saturated carbocycles. The zero-order valence-corrected chi connectivity index (χ0v) is 15.6. The van der Waals surface area contributed by atoms with Gasteiger partial charge in [0.05, 0.1) is 0 Å². The Morgan fingerprint density at radius 2 is 1.72 bits per heavy atom. The van der Waals surface area contributed by atoms with Crippen molar-refractivity contribution in [1.82, 2.24) is 0 Å². The molecule has 1 aliphatic heterocycles. The molecule has 3 rings (SSSR count). The van der Waals surface area contributed by atoms with Crippen molar-refractivity contribution in [2.24, 2.45) is 0 Å². The molecule has 1 fully saturated rings. The Hall–Kier alpha value is 0.510. The van der Waals surface area contributed by atoms with E-state index in [0.29, 0.717) is 0 Å². The molecule has 0 N–H and O–H groups in total. The van der Waals surface area contributed by atoms with Crippen molar-refractivity contribution in [3.05, 3.63) is 48.6 Å². The molecule has 18 heavy (non-hydrogen) atoms. The first-order chi connectivity index (χ1) is 7.31. The second-order valence-corrected chi connectivity index (χ2v) is 9.29. The van der Waals surface area contributed by atoms with E-state index in [9.17, 15) is 0 Å². The minimum Gasteiger partial charge on any atom is -1.00 e. The van der Waals surface area contributed by atoms with Crippen LogP contribution in [0.1, 0.15) is 12.8 Å². The second-order valence-electron chi connectivity index (χ2n) is 4.59. The third-order valence-electron chi connectivity index (χ3n) is 3.40. The van der Waals surface area contributed by atoms with Crippen LogP contribution in [0, 0.1) is 6.08 Å². The van der Waals surface area contributed by atoms with E-state index < -0.39 is 8.07 Å². The van der Waals surface area contributed by atoms with Gasteiger partial charge in [-0.3, -0.25) is 6.08 Å². The van der Waals surface area contributed by atoms with E-state index in [4.69, 9.17) is 0 Å². The molecule has 2 aliphatic rings. The van der Waals surface area contributed by atoms with Crippen LogP contribution in [0.25, 0.3) is 0 Å². The van der Waals surface area contributed by atoms with Gasteiger partial charge in [-0.15, -0.1) is 6.42 Å². The number of allylic oxidation sites excluding steroid dienone is 4. The van der Waals surface area contributed by atoms with Crippen LogP contribution in [0.2, 0.25) is 18.6 Å². The molecule has 0 radical (unpaired) electrons. The van der Waals surface area contributed by atoms with Gasteiger partial charge in [-0.25, -0.2) is 24.3 Å².